The van der Waals surface area contributed by atoms with E-state index >= 15 is 0 Å². The Labute approximate surface area is 88.1 Å². The molecule has 0 aliphatic heterocycles. The van der Waals surface area contributed by atoms with Crippen molar-refractivity contribution in [1.29, 1.82) is 0 Å². The number of nitrogens with two attached hydrogens (primary N) is 1. The molecule has 6 nitrogen and oxygen atoms in total. The number of aliphatic hydroxyl groups excluding tert-OH is 1. The molecule has 4 N–H and O–H groups in total. The highest BCUT2D eigenvalue weighted by atomic mass is 16.2. The van der Waals surface area contributed by atoms with Crippen molar-refractivity contribution in [2.45, 2.75) is 12.8 Å². The molecule has 0 fully saturated rings. The van der Waals surface area contributed by atoms with Gasteiger partial charge in [0.1, 0.15) is 0 Å². The van der Waals surface area contributed by atoms with E-state index in [1.807, 2.05) is 0 Å². The number of nitrogens with zero attached hydrogens (tertiary/aromatic N) is 2. The third kappa shape index (κ3) is 3.25. The van der Waals surface area contributed by atoms with E-state index in [0.29, 0.717) is 18.7 Å². The molecule has 1 rings (SSSR count). The highest BCUT2D eigenvalue weighted by Gasteiger charge is 2.12. The molecule has 6 heteroatoms. The summed E-state index contributed by atoms with van der Waals surface area (Å²) in [6.45, 7) is 0.664. The van der Waals surface area contributed by atoms with Crippen LogP contribution in [0.2, 0.25) is 0 Å². The van der Waals surface area contributed by atoms with E-state index < -0.39 is 0 Å². The van der Waals surface area contributed by atoms with Gasteiger partial charge in [0, 0.05) is 26.4 Å². The van der Waals surface area contributed by atoms with Crippen LogP contribution in [-0.4, -0.2) is 33.9 Å². The molecule has 0 radical (unpaired) electrons. The van der Waals surface area contributed by atoms with Crippen molar-refractivity contribution < 1.29 is 9.90 Å². The summed E-state index contributed by atoms with van der Waals surface area (Å²) in [5.74, 6) is -0.272. The van der Waals surface area contributed by atoms with Gasteiger partial charge in [-0.3, -0.25) is 9.48 Å². The lowest BCUT2D eigenvalue weighted by molar-refractivity contribution is 0.0947. The Morgan fingerprint density at radius 3 is 2.93 bits per heavy atom. The standard InChI is InChI=1S/C9H16N4O2/c1-13-6-7(10)8(12-13)9(15)11-4-2-3-5-14/h6,14H,2-5,10H2,1H3,(H,11,15). The van der Waals surface area contributed by atoms with Gasteiger partial charge in [-0.05, 0) is 12.8 Å². The number of aromatic nitrogens is 2. The van der Waals surface area contributed by atoms with Gasteiger partial charge in [-0.25, -0.2) is 0 Å². The number of carbonyl (C=O) groups is 1. The zero-order chi connectivity index (χ0) is 11.3. The summed E-state index contributed by atoms with van der Waals surface area (Å²) < 4.78 is 1.50. The van der Waals surface area contributed by atoms with Gasteiger partial charge in [-0.15, -0.1) is 0 Å². The molecule has 0 saturated carbocycles. The molecular formula is C9H16N4O2. The number of hydrogen-bond donors (Lipinski definition) is 3. The lowest BCUT2D eigenvalue weighted by Crippen LogP contribution is -2.25. The first-order valence-corrected chi connectivity index (χ1v) is 4.83. The molecule has 1 aromatic heterocycles. The minimum atomic E-state index is -0.272. The molecule has 0 spiro atoms. The van der Waals surface area contributed by atoms with Crippen LogP contribution < -0.4 is 11.1 Å². The zero-order valence-corrected chi connectivity index (χ0v) is 8.73. The molecule has 15 heavy (non-hydrogen) atoms. The topological polar surface area (TPSA) is 93.2 Å². The van der Waals surface area contributed by atoms with Crippen molar-refractivity contribution in [3.8, 4) is 0 Å². The minimum absolute atomic E-state index is 0.140. The van der Waals surface area contributed by atoms with Gasteiger partial charge >= 0.3 is 0 Å². The van der Waals surface area contributed by atoms with E-state index in [2.05, 4.69) is 10.4 Å². The lowest BCUT2D eigenvalue weighted by Gasteiger charge is -2.02. The molecule has 0 unspecified atom stereocenters. The highest BCUT2D eigenvalue weighted by molar-refractivity contribution is 5.96. The van der Waals surface area contributed by atoms with Gasteiger partial charge < -0.3 is 16.2 Å². The van der Waals surface area contributed by atoms with Crippen LogP contribution in [0.25, 0.3) is 0 Å². The highest BCUT2D eigenvalue weighted by Crippen LogP contribution is 2.07. The van der Waals surface area contributed by atoms with Gasteiger partial charge in [-0.2, -0.15) is 5.10 Å². The maximum atomic E-state index is 11.5. The quantitative estimate of drug-likeness (QED) is 0.574. The van der Waals surface area contributed by atoms with Gasteiger partial charge in [0.25, 0.3) is 5.91 Å². The second-order valence-corrected chi connectivity index (χ2v) is 3.29. The second-order valence-electron chi connectivity index (χ2n) is 3.29. The molecule has 1 aromatic rings. The smallest absolute Gasteiger partial charge is 0.273 e. The Morgan fingerprint density at radius 2 is 2.40 bits per heavy atom. The third-order valence-electron chi connectivity index (χ3n) is 1.94. The number of hydrogen-bond acceptors (Lipinski definition) is 4. The maximum absolute atomic E-state index is 11.5. The van der Waals surface area contributed by atoms with Crippen LogP contribution in [0.5, 0.6) is 0 Å². The summed E-state index contributed by atoms with van der Waals surface area (Å²) >= 11 is 0. The van der Waals surface area contributed by atoms with Crippen molar-refractivity contribution in [2.24, 2.45) is 7.05 Å². The number of anilines is 1. The Morgan fingerprint density at radius 1 is 1.67 bits per heavy atom. The summed E-state index contributed by atoms with van der Waals surface area (Å²) in [5, 5.41) is 15.2. The second kappa shape index (κ2) is 5.35. The molecule has 1 heterocycles. The van der Waals surface area contributed by atoms with Crippen LogP contribution >= 0.6 is 0 Å². The number of unbranched alkanes of at least 4 members (excludes halogenated alkanes) is 1. The summed E-state index contributed by atoms with van der Waals surface area (Å²) in [5.41, 5.74) is 6.21. The van der Waals surface area contributed by atoms with Crippen molar-refractivity contribution in [2.75, 3.05) is 18.9 Å². The number of rotatable bonds is 5. The molecule has 0 atom stereocenters. The van der Waals surface area contributed by atoms with Gasteiger partial charge in [0.05, 0.1) is 5.69 Å². The van der Waals surface area contributed by atoms with Crippen LogP contribution in [-0.2, 0) is 7.05 Å². The largest absolute Gasteiger partial charge is 0.396 e. The van der Waals surface area contributed by atoms with Gasteiger partial charge in [-0.1, -0.05) is 0 Å². The van der Waals surface area contributed by atoms with E-state index in [9.17, 15) is 4.79 Å². The monoisotopic (exact) mass is 212 g/mol. The number of aryl methyl sites for hydroxylation is 1. The SMILES string of the molecule is Cn1cc(N)c(C(=O)NCCCCO)n1. The number of amides is 1. The Kier molecular flexibility index (Phi) is 4.11. The minimum Gasteiger partial charge on any atom is -0.396 e. The summed E-state index contributed by atoms with van der Waals surface area (Å²) in [4.78, 5) is 11.5. The Balaban J connectivity index is 2.43. The average Bonchev–Trinajstić information content (AvgIpc) is 2.52. The van der Waals surface area contributed by atoms with E-state index in [4.69, 9.17) is 10.8 Å². The molecule has 0 aromatic carbocycles. The molecule has 84 valence electrons. The molecule has 0 aliphatic carbocycles. The number of aliphatic hydroxyl groups is 1. The summed E-state index contributed by atoms with van der Waals surface area (Å²) in [6.07, 6.45) is 3.01. The first-order chi connectivity index (χ1) is 7.15. The van der Waals surface area contributed by atoms with Crippen LogP contribution in [0.1, 0.15) is 23.3 Å². The van der Waals surface area contributed by atoms with E-state index in [-0.39, 0.29) is 18.2 Å². The van der Waals surface area contributed by atoms with Crippen LogP contribution in [0, 0.1) is 0 Å². The third-order valence-corrected chi connectivity index (χ3v) is 1.94. The average molecular weight is 212 g/mol. The lowest BCUT2D eigenvalue weighted by atomic mass is 10.3. The van der Waals surface area contributed by atoms with E-state index in [1.165, 1.54) is 4.68 Å². The van der Waals surface area contributed by atoms with Gasteiger partial charge in [0.2, 0.25) is 0 Å². The Hall–Kier alpha value is -1.56. The number of carbonyl (C=O) groups excluding carboxylic acids is 1. The van der Waals surface area contributed by atoms with Crippen molar-refractivity contribution in [3.05, 3.63) is 11.9 Å². The van der Waals surface area contributed by atoms with Crippen molar-refractivity contribution >= 4 is 11.6 Å². The van der Waals surface area contributed by atoms with Crippen molar-refractivity contribution in [3.63, 3.8) is 0 Å². The fraction of sp³-hybridized carbons (Fsp3) is 0.556. The molecule has 0 saturated heterocycles. The molecular weight excluding hydrogens is 196 g/mol. The van der Waals surface area contributed by atoms with Crippen LogP contribution in [0.15, 0.2) is 6.20 Å². The first-order valence-electron chi connectivity index (χ1n) is 4.83. The molecule has 0 bridgehead atoms. The first kappa shape index (κ1) is 11.5. The fourth-order valence-electron chi connectivity index (χ4n) is 1.21. The Bertz CT molecular complexity index is 335. The summed E-state index contributed by atoms with van der Waals surface area (Å²) in [7, 11) is 1.71. The van der Waals surface area contributed by atoms with E-state index in [0.717, 1.165) is 6.42 Å². The molecule has 1 amide bonds. The predicted octanol–water partition coefficient (Wildman–Crippen LogP) is -0.495. The molecule has 0 aliphatic rings. The number of nitrogens with one attached hydrogen (secondary N) is 1. The van der Waals surface area contributed by atoms with Crippen LogP contribution in [0.4, 0.5) is 5.69 Å². The summed E-state index contributed by atoms with van der Waals surface area (Å²) in [6, 6.07) is 0. The van der Waals surface area contributed by atoms with Gasteiger partial charge in [0.15, 0.2) is 5.69 Å². The number of nitrogen functional groups attached to an aromatic ring is 1. The fourth-order valence-corrected chi connectivity index (χ4v) is 1.21. The predicted molar refractivity (Wildman–Crippen MR) is 56.3 cm³/mol. The van der Waals surface area contributed by atoms with E-state index in [1.54, 1.807) is 13.2 Å². The zero-order valence-electron chi connectivity index (χ0n) is 8.73. The van der Waals surface area contributed by atoms with Crippen LogP contribution in [0.3, 0.4) is 0 Å². The maximum Gasteiger partial charge on any atom is 0.273 e. The normalized spacial score (nSPS) is 10.3. The van der Waals surface area contributed by atoms with Crippen molar-refractivity contribution in [1.82, 2.24) is 15.1 Å².